The molecule has 3 rings (SSSR count). The number of aryl methyl sites for hydroxylation is 1. The highest BCUT2D eigenvalue weighted by atomic mass is 32.1. The van der Waals surface area contributed by atoms with Gasteiger partial charge in [0.05, 0.1) is 0 Å². The normalized spacial score (nSPS) is 15.0. The maximum absolute atomic E-state index is 13.9. The predicted octanol–water partition coefficient (Wildman–Crippen LogP) is 4.11. The molecule has 1 aliphatic carbocycles. The van der Waals surface area contributed by atoms with Crippen molar-refractivity contribution in [3.63, 3.8) is 0 Å². The van der Waals surface area contributed by atoms with Crippen molar-refractivity contribution in [3.8, 4) is 10.4 Å². The van der Waals surface area contributed by atoms with E-state index < -0.39 is 0 Å². The van der Waals surface area contributed by atoms with Crippen LogP contribution >= 0.6 is 11.3 Å². The van der Waals surface area contributed by atoms with Gasteiger partial charge < -0.3 is 5.32 Å². The average Bonchev–Trinajstić information content (AvgIpc) is 3.10. The van der Waals surface area contributed by atoms with Crippen LogP contribution in [0.3, 0.4) is 0 Å². The second-order valence-electron chi connectivity index (χ2n) is 4.88. The summed E-state index contributed by atoms with van der Waals surface area (Å²) in [6.45, 7) is 2.88. The second kappa shape index (κ2) is 4.82. The molecule has 1 heterocycles. The van der Waals surface area contributed by atoms with Gasteiger partial charge in [-0.2, -0.15) is 0 Å². The first-order valence-corrected chi connectivity index (χ1v) is 7.12. The first kappa shape index (κ1) is 11.9. The fourth-order valence-electron chi connectivity index (χ4n) is 2.00. The Morgan fingerprint density at radius 2 is 2.11 bits per heavy atom. The van der Waals surface area contributed by atoms with Crippen molar-refractivity contribution in [2.75, 3.05) is 0 Å². The van der Waals surface area contributed by atoms with Crippen molar-refractivity contribution in [2.45, 2.75) is 32.4 Å². The minimum Gasteiger partial charge on any atom is -0.310 e. The van der Waals surface area contributed by atoms with E-state index in [1.807, 2.05) is 31.2 Å². The molecule has 0 spiro atoms. The van der Waals surface area contributed by atoms with Crippen molar-refractivity contribution in [1.82, 2.24) is 5.32 Å². The lowest BCUT2D eigenvalue weighted by Gasteiger charge is -2.06. The molecular weight excluding hydrogens is 245 g/mol. The van der Waals surface area contributed by atoms with E-state index >= 15 is 0 Å². The van der Waals surface area contributed by atoms with Crippen molar-refractivity contribution >= 4 is 11.3 Å². The largest absolute Gasteiger partial charge is 0.310 e. The van der Waals surface area contributed by atoms with E-state index in [0.29, 0.717) is 6.04 Å². The number of benzene rings is 1. The fourth-order valence-corrected chi connectivity index (χ4v) is 2.89. The van der Waals surface area contributed by atoms with Crippen LogP contribution in [0.15, 0.2) is 30.3 Å². The topological polar surface area (TPSA) is 12.0 Å². The first-order chi connectivity index (χ1) is 8.72. The molecule has 0 saturated heterocycles. The second-order valence-corrected chi connectivity index (χ2v) is 6.17. The molecule has 1 aliphatic rings. The Kier molecular flexibility index (Phi) is 3.18. The number of rotatable bonds is 4. The molecule has 0 aliphatic heterocycles. The molecule has 1 saturated carbocycles. The number of hydrogen-bond acceptors (Lipinski definition) is 2. The molecule has 1 N–H and O–H groups in total. The van der Waals surface area contributed by atoms with Crippen molar-refractivity contribution in [2.24, 2.45) is 0 Å². The van der Waals surface area contributed by atoms with Crippen molar-refractivity contribution in [3.05, 3.63) is 46.6 Å². The van der Waals surface area contributed by atoms with Crippen molar-refractivity contribution in [1.29, 1.82) is 0 Å². The third-order valence-electron chi connectivity index (χ3n) is 3.21. The number of nitrogens with one attached hydrogen (secondary N) is 1. The summed E-state index contributed by atoms with van der Waals surface area (Å²) in [6.07, 6.45) is 2.55. The summed E-state index contributed by atoms with van der Waals surface area (Å²) in [6, 6.07) is 10.1. The van der Waals surface area contributed by atoms with E-state index in [1.165, 1.54) is 17.7 Å². The van der Waals surface area contributed by atoms with Crippen LogP contribution in [0.1, 0.15) is 23.3 Å². The summed E-state index contributed by atoms with van der Waals surface area (Å²) in [5.41, 5.74) is 1.88. The van der Waals surface area contributed by atoms with Gasteiger partial charge in [-0.1, -0.05) is 6.07 Å². The molecule has 1 aromatic carbocycles. The highest BCUT2D eigenvalue weighted by Crippen LogP contribution is 2.30. The van der Waals surface area contributed by atoms with Crippen LogP contribution in [0.4, 0.5) is 4.39 Å². The van der Waals surface area contributed by atoms with Gasteiger partial charge in [0, 0.05) is 27.9 Å². The van der Waals surface area contributed by atoms with Crippen LogP contribution in [0.5, 0.6) is 0 Å². The van der Waals surface area contributed by atoms with Gasteiger partial charge in [-0.3, -0.25) is 0 Å². The Hall–Kier alpha value is -1.19. The third-order valence-corrected chi connectivity index (χ3v) is 4.24. The first-order valence-electron chi connectivity index (χ1n) is 6.31. The Balaban J connectivity index is 1.85. The minimum absolute atomic E-state index is 0.132. The molecule has 1 nitrogen and oxygen atoms in total. The van der Waals surface area contributed by atoms with E-state index in [0.717, 1.165) is 22.5 Å². The molecule has 1 fully saturated rings. The smallest absolute Gasteiger partial charge is 0.131 e. The minimum atomic E-state index is -0.132. The zero-order valence-electron chi connectivity index (χ0n) is 10.4. The Bertz CT molecular complexity index is 557. The maximum atomic E-state index is 13.9. The van der Waals surface area contributed by atoms with E-state index in [-0.39, 0.29) is 5.82 Å². The highest BCUT2D eigenvalue weighted by Gasteiger charge is 2.20. The third kappa shape index (κ3) is 2.62. The van der Waals surface area contributed by atoms with Gasteiger partial charge in [0.25, 0.3) is 0 Å². The molecule has 94 valence electrons. The molecular formula is C15H16FNS. The summed E-state index contributed by atoms with van der Waals surface area (Å²) in [5, 5.41) is 3.46. The zero-order chi connectivity index (χ0) is 12.5. The van der Waals surface area contributed by atoms with Gasteiger partial charge in [-0.05, 0) is 49.6 Å². The van der Waals surface area contributed by atoms with Gasteiger partial charge in [0.1, 0.15) is 5.82 Å². The van der Waals surface area contributed by atoms with Crippen LogP contribution in [0.2, 0.25) is 0 Å². The number of hydrogen-bond donors (Lipinski definition) is 1. The standard InChI is InChI=1S/C15H16FNS/c1-10-2-7-15(18-10)13-8-11(3-6-14(13)16)9-17-12-4-5-12/h2-3,6-8,12,17H,4-5,9H2,1H3. The van der Waals surface area contributed by atoms with Crippen molar-refractivity contribution < 1.29 is 4.39 Å². The summed E-state index contributed by atoms with van der Waals surface area (Å²) < 4.78 is 13.9. The lowest BCUT2D eigenvalue weighted by atomic mass is 10.1. The molecule has 0 radical (unpaired) electrons. The molecule has 0 amide bonds. The number of halogens is 1. The Labute approximate surface area is 111 Å². The molecule has 0 bridgehead atoms. The molecule has 1 aromatic heterocycles. The maximum Gasteiger partial charge on any atom is 0.131 e. The molecule has 2 aromatic rings. The summed E-state index contributed by atoms with van der Waals surface area (Å²) in [5.74, 6) is -0.132. The van der Waals surface area contributed by atoms with E-state index in [9.17, 15) is 4.39 Å². The lowest BCUT2D eigenvalue weighted by Crippen LogP contribution is -2.15. The molecule has 3 heteroatoms. The predicted molar refractivity (Wildman–Crippen MR) is 74.3 cm³/mol. The fraction of sp³-hybridized carbons (Fsp3) is 0.333. The zero-order valence-corrected chi connectivity index (χ0v) is 11.2. The van der Waals surface area contributed by atoms with E-state index in [2.05, 4.69) is 5.32 Å². The van der Waals surface area contributed by atoms with Gasteiger partial charge in [0.15, 0.2) is 0 Å². The molecule has 18 heavy (non-hydrogen) atoms. The Morgan fingerprint density at radius 1 is 1.28 bits per heavy atom. The van der Waals surface area contributed by atoms with Crippen LogP contribution in [0.25, 0.3) is 10.4 Å². The van der Waals surface area contributed by atoms with E-state index in [1.54, 1.807) is 17.4 Å². The summed E-state index contributed by atoms with van der Waals surface area (Å²) in [7, 11) is 0. The van der Waals surface area contributed by atoms with E-state index in [4.69, 9.17) is 0 Å². The van der Waals surface area contributed by atoms with Gasteiger partial charge in [0.2, 0.25) is 0 Å². The van der Waals surface area contributed by atoms with Crippen LogP contribution in [0, 0.1) is 12.7 Å². The van der Waals surface area contributed by atoms with Crippen LogP contribution < -0.4 is 5.32 Å². The Morgan fingerprint density at radius 3 is 2.78 bits per heavy atom. The quantitative estimate of drug-likeness (QED) is 0.873. The molecule has 0 atom stereocenters. The number of thiophene rings is 1. The van der Waals surface area contributed by atoms with Gasteiger partial charge in [-0.25, -0.2) is 4.39 Å². The van der Waals surface area contributed by atoms with Gasteiger partial charge in [-0.15, -0.1) is 11.3 Å². The van der Waals surface area contributed by atoms with Crippen LogP contribution in [-0.4, -0.2) is 6.04 Å². The average molecular weight is 261 g/mol. The summed E-state index contributed by atoms with van der Waals surface area (Å²) in [4.78, 5) is 2.23. The van der Waals surface area contributed by atoms with Gasteiger partial charge >= 0.3 is 0 Å². The molecule has 0 unspecified atom stereocenters. The highest BCUT2D eigenvalue weighted by molar-refractivity contribution is 7.15. The summed E-state index contributed by atoms with van der Waals surface area (Å²) >= 11 is 1.64. The monoisotopic (exact) mass is 261 g/mol. The van der Waals surface area contributed by atoms with Crippen LogP contribution in [-0.2, 0) is 6.54 Å². The SMILES string of the molecule is Cc1ccc(-c2cc(CNC3CC3)ccc2F)s1. The lowest BCUT2D eigenvalue weighted by molar-refractivity contribution is 0.628.